The molecule has 0 saturated heterocycles. The van der Waals surface area contributed by atoms with Gasteiger partial charge >= 0.3 is 0 Å². The summed E-state index contributed by atoms with van der Waals surface area (Å²) >= 11 is 6.63. The zero-order valence-corrected chi connectivity index (χ0v) is 17.6. The number of hydrogen-bond donors (Lipinski definition) is 0. The molecule has 146 valence electrons. The Balaban J connectivity index is 1.98. The van der Waals surface area contributed by atoms with Crippen LogP contribution in [-0.2, 0) is 19.4 Å². The van der Waals surface area contributed by atoms with Gasteiger partial charge in [0.05, 0.1) is 30.4 Å². The maximum Gasteiger partial charge on any atom is 0.279 e. The minimum absolute atomic E-state index is 0.736. The molecule has 0 fully saturated rings. The number of benzene rings is 1. The molecular weight excluding hydrogens is 358 g/mol. The lowest BCUT2D eigenvalue weighted by molar-refractivity contribution is -0.685. The van der Waals surface area contributed by atoms with Gasteiger partial charge in [0.25, 0.3) is 5.15 Å². The van der Waals surface area contributed by atoms with E-state index in [9.17, 15) is 0 Å². The Kier molecular flexibility index (Phi) is 7.01. The van der Waals surface area contributed by atoms with Crippen LogP contribution in [0.1, 0.15) is 57.6 Å². The van der Waals surface area contributed by atoms with Crippen LogP contribution < -0.4 is 14.0 Å². The normalized spacial score (nSPS) is 12.4. The highest BCUT2D eigenvalue weighted by Crippen LogP contribution is 2.36. The Morgan fingerprint density at radius 1 is 1.00 bits per heavy atom. The van der Waals surface area contributed by atoms with Crippen molar-refractivity contribution in [2.75, 3.05) is 13.2 Å². The zero-order chi connectivity index (χ0) is 19.2. The first kappa shape index (κ1) is 20.0. The molecule has 0 radical (unpaired) electrons. The summed E-state index contributed by atoms with van der Waals surface area (Å²) in [6.07, 6.45) is 6.30. The van der Waals surface area contributed by atoms with Gasteiger partial charge in [-0.3, -0.25) is 0 Å². The fourth-order valence-electron chi connectivity index (χ4n) is 3.65. The lowest BCUT2D eigenvalue weighted by atomic mass is 9.93. The molecular formula is C23H31ClNO2+. The minimum Gasteiger partial charge on any atom is -0.494 e. The van der Waals surface area contributed by atoms with Crippen molar-refractivity contribution in [3.63, 3.8) is 0 Å². The third-order valence-corrected chi connectivity index (χ3v) is 5.49. The second kappa shape index (κ2) is 9.45. The van der Waals surface area contributed by atoms with Gasteiger partial charge in [-0.1, -0.05) is 33.6 Å². The van der Waals surface area contributed by atoms with Crippen molar-refractivity contribution in [1.82, 2.24) is 0 Å². The Bertz CT molecular complexity index is 788. The molecule has 4 heteroatoms. The van der Waals surface area contributed by atoms with Crippen LogP contribution in [-0.4, -0.2) is 13.2 Å². The first-order valence-corrected chi connectivity index (χ1v) is 10.7. The summed E-state index contributed by atoms with van der Waals surface area (Å²) in [4.78, 5) is 0. The number of unbranched alkanes of at least 4 members (excludes halogenated alkanes) is 2. The highest BCUT2D eigenvalue weighted by Gasteiger charge is 2.31. The summed E-state index contributed by atoms with van der Waals surface area (Å²) in [5.41, 5.74) is 5.04. The molecule has 3 nitrogen and oxygen atoms in total. The Morgan fingerprint density at radius 2 is 1.74 bits per heavy atom. The van der Waals surface area contributed by atoms with E-state index in [1.165, 1.54) is 22.4 Å². The average molecular weight is 389 g/mol. The van der Waals surface area contributed by atoms with Crippen molar-refractivity contribution in [2.24, 2.45) is 0 Å². The number of hydrogen-bond acceptors (Lipinski definition) is 2. The van der Waals surface area contributed by atoms with Gasteiger partial charge < -0.3 is 9.47 Å². The summed E-state index contributed by atoms with van der Waals surface area (Å²) in [7, 11) is 0. The van der Waals surface area contributed by atoms with Crippen molar-refractivity contribution < 1.29 is 14.0 Å². The van der Waals surface area contributed by atoms with Gasteiger partial charge in [0.15, 0.2) is 6.54 Å². The van der Waals surface area contributed by atoms with Crippen LogP contribution in [0.15, 0.2) is 24.3 Å². The van der Waals surface area contributed by atoms with Crippen LogP contribution in [0, 0.1) is 0 Å². The number of nitrogens with zero attached hydrogens (tertiary/aromatic N) is 1. The fourth-order valence-corrected chi connectivity index (χ4v) is 3.92. The minimum atomic E-state index is 0.736. The first-order chi connectivity index (χ1) is 13.2. The van der Waals surface area contributed by atoms with Crippen LogP contribution in [0.3, 0.4) is 0 Å². The van der Waals surface area contributed by atoms with E-state index in [0.717, 1.165) is 74.9 Å². The molecule has 0 aliphatic carbocycles. The number of pyridine rings is 1. The fraction of sp³-hybridized carbons (Fsp3) is 0.522. The Labute approximate surface area is 168 Å². The molecule has 0 amide bonds. The molecule has 27 heavy (non-hydrogen) atoms. The zero-order valence-electron chi connectivity index (χ0n) is 16.8. The highest BCUT2D eigenvalue weighted by atomic mass is 35.5. The lowest BCUT2D eigenvalue weighted by Crippen LogP contribution is -2.42. The molecule has 2 heterocycles. The van der Waals surface area contributed by atoms with Crippen LogP contribution in [0.4, 0.5) is 0 Å². The molecule has 1 aliphatic heterocycles. The number of aryl methyl sites for hydroxylation is 1. The van der Waals surface area contributed by atoms with E-state index in [2.05, 4.69) is 43.5 Å². The molecule has 0 spiro atoms. The number of halogens is 1. The molecule has 0 bridgehead atoms. The third kappa shape index (κ3) is 4.40. The standard InChI is InChI=1S/C23H31ClNO2/c1-4-7-13-26-18-9-10-20-17(15-18)11-12-25-22(24)16-21(27-14-8-5-2)19(6-3)23(20)25/h9-10,15-16H,4-8,11-14H2,1-3H3/q+1. The van der Waals surface area contributed by atoms with Gasteiger partial charge in [-0.05, 0) is 54.6 Å². The summed E-state index contributed by atoms with van der Waals surface area (Å²) in [6.45, 7) is 8.95. The van der Waals surface area contributed by atoms with E-state index in [1.54, 1.807) is 0 Å². The predicted molar refractivity (Wildman–Crippen MR) is 111 cm³/mol. The average Bonchev–Trinajstić information content (AvgIpc) is 2.68. The summed E-state index contributed by atoms with van der Waals surface area (Å²) in [5, 5.41) is 0.752. The number of rotatable bonds is 9. The molecule has 1 aliphatic rings. The second-order valence-electron chi connectivity index (χ2n) is 7.14. The smallest absolute Gasteiger partial charge is 0.279 e. The van der Waals surface area contributed by atoms with Gasteiger partial charge in [0.1, 0.15) is 11.5 Å². The van der Waals surface area contributed by atoms with Crippen LogP contribution in [0.2, 0.25) is 5.15 Å². The highest BCUT2D eigenvalue weighted by molar-refractivity contribution is 6.28. The summed E-state index contributed by atoms with van der Waals surface area (Å²) in [5.74, 6) is 1.90. The van der Waals surface area contributed by atoms with E-state index in [4.69, 9.17) is 21.1 Å². The lowest BCUT2D eigenvalue weighted by Gasteiger charge is -2.21. The molecule has 3 rings (SSSR count). The van der Waals surface area contributed by atoms with E-state index in [1.807, 2.05) is 6.07 Å². The van der Waals surface area contributed by atoms with E-state index < -0.39 is 0 Å². The summed E-state index contributed by atoms with van der Waals surface area (Å²) < 4.78 is 14.2. The quantitative estimate of drug-likeness (QED) is 0.309. The van der Waals surface area contributed by atoms with Crippen molar-refractivity contribution in [3.05, 3.63) is 40.5 Å². The Hall–Kier alpha value is -1.74. The van der Waals surface area contributed by atoms with Crippen molar-refractivity contribution in [2.45, 2.75) is 65.8 Å². The molecule has 1 aromatic carbocycles. The van der Waals surface area contributed by atoms with Crippen LogP contribution >= 0.6 is 11.6 Å². The van der Waals surface area contributed by atoms with Gasteiger partial charge in [0, 0.05) is 6.42 Å². The summed E-state index contributed by atoms with van der Waals surface area (Å²) in [6, 6.07) is 8.47. The van der Waals surface area contributed by atoms with Gasteiger partial charge in [-0.2, -0.15) is 4.57 Å². The monoisotopic (exact) mass is 388 g/mol. The maximum absolute atomic E-state index is 6.63. The number of ether oxygens (including phenoxy) is 2. The van der Waals surface area contributed by atoms with E-state index in [-0.39, 0.29) is 0 Å². The molecule has 0 saturated carbocycles. The molecule has 1 aromatic heterocycles. The van der Waals surface area contributed by atoms with Crippen LogP contribution in [0.5, 0.6) is 11.5 Å². The third-order valence-electron chi connectivity index (χ3n) is 5.17. The molecule has 0 N–H and O–H groups in total. The van der Waals surface area contributed by atoms with Crippen LogP contribution in [0.25, 0.3) is 11.3 Å². The SMILES string of the molecule is CCCCOc1ccc2c(c1)CC[n+]1c(Cl)cc(OCCCC)c(CC)c1-2. The van der Waals surface area contributed by atoms with Gasteiger partial charge in [-0.25, -0.2) is 0 Å². The van der Waals surface area contributed by atoms with Crippen molar-refractivity contribution >= 4 is 11.6 Å². The predicted octanol–water partition coefficient (Wildman–Crippen LogP) is 5.77. The topological polar surface area (TPSA) is 22.3 Å². The van der Waals surface area contributed by atoms with Gasteiger partial charge in [0.2, 0.25) is 5.69 Å². The second-order valence-corrected chi connectivity index (χ2v) is 7.52. The first-order valence-electron chi connectivity index (χ1n) is 10.3. The molecule has 2 aromatic rings. The largest absolute Gasteiger partial charge is 0.494 e. The molecule has 0 unspecified atom stereocenters. The maximum atomic E-state index is 6.63. The number of fused-ring (bicyclic) bond motifs is 3. The Morgan fingerprint density at radius 3 is 2.44 bits per heavy atom. The number of aromatic nitrogens is 1. The van der Waals surface area contributed by atoms with E-state index in [0.29, 0.717) is 0 Å². The van der Waals surface area contributed by atoms with Gasteiger partial charge in [-0.15, -0.1) is 0 Å². The molecule has 0 atom stereocenters. The van der Waals surface area contributed by atoms with Crippen molar-refractivity contribution in [3.8, 4) is 22.8 Å². The van der Waals surface area contributed by atoms with E-state index >= 15 is 0 Å². The van der Waals surface area contributed by atoms with Crippen molar-refractivity contribution in [1.29, 1.82) is 0 Å².